The fourth-order valence-corrected chi connectivity index (χ4v) is 0. The van der Waals surface area contributed by atoms with Gasteiger partial charge in [0.15, 0.2) is 0 Å². The van der Waals surface area contributed by atoms with Crippen molar-refractivity contribution in [3.63, 3.8) is 0 Å². The molecule has 0 aliphatic rings. The maximum atomic E-state index is 9.00. The zero-order chi connectivity index (χ0) is 14.1. The Morgan fingerprint density at radius 1 is 0.765 bits per heavy atom. The Hall–Kier alpha value is -0.670. The number of hydrogen-bond donors (Lipinski definition) is 5. The van der Waals surface area contributed by atoms with Crippen molar-refractivity contribution >= 4 is 47.5 Å². The number of carbonyl (C=O) groups is 3. The van der Waals surface area contributed by atoms with E-state index in [1.165, 1.54) is 0 Å². The molecule has 1 radical (unpaired) electrons. The van der Waals surface area contributed by atoms with Gasteiger partial charge in [0.1, 0.15) is 0 Å². The molecule has 0 atom stereocenters. The number of carboxylic acids is 3. The molecule has 17 heavy (non-hydrogen) atoms. The van der Waals surface area contributed by atoms with Crippen molar-refractivity contribution < 1.29 is 29.7 Å². The Kier molecular flexibility index (Phi) is 51.9. The Balaban J connectivity index is -0.0000000369. The van der Waals surface area contributed by atoms with Gasteiger partial charge in [-0.15, -0.1) is 0 Å². The van der Waals surface area contributed by atoms with Crippen molar-refractivity contribution in [3.8, 4) is 0 Å². The second-order valence-electron chi connectivity index (χ2n) is 2.13. The minimum atomic E-state index is -0.833. The van der Waals surface area contributed by atoms with E-state index < -0.39 is 17.9 Å². The predicted molar refractivity (Wildman–Crippen MR) is 63.8 cm³/mol. The van der Waals surface area contributed by atoms with E-state index in [0.717, 1.165) is 20.8 Å². The van der Waals surface area contributed by atoms with Gasteiger partial charge in [0.2, 0.25) is 0 Å². The van der Waals surface area contributed by atoms with Crippen molar-refractivity contribution in [3.05, 3.63) is 0 Å². The SMILES string of the molecule is CC(=O)O.CC(=O)O.CC(=O)O.NCCN.[Na]. The normalized spacial score (nSPS) is 6.18. The molecule has 0 aromatic rings. The minimum Gasteiger partial charge on any atom is -0.481 e. The number of nitrogens with two attached hydrogens (primary N) is 2. The molecule has 0 aliphatic heterocycles. The maximum Gasteiger partial charge on any atom is 0.300 e. The second-order valence-corrected chi connectivity index (χ2v) is 2.13. The summed E-state index contributed by atoms with van der Waals surface area (Å²) in [7, 11) is 0. The summed E-state index contributed by atoms with van der Waals surface area (Å²) < 4.78 is 0. The Morgan fingerprint density at radius 3 is 0.824 bits per heavy atom. The van der Waals surface area contributed by atoms with Crippen molar-refractivity contribution in [1.82, 2.24) is 0 Å². The first-order valence-electron chi connectivity index (χ1n) is 4.10. The Labute approximate surface area is 122 Å². The van der Waals surface area contributed by atoms with E-state index in [2.05, 4.69) is 0 Å². The van der Waals surface area contributed by atoms with Crippen molar-refractivity contribution in [2.75, 3.05) is 13.1 Å². The molecule has 0 fully saturated rings. The van der Waals surface area contributed by atoms with Gasteiger partial charge in [-0.25, -0.2) is 0 Å². The Morgan fingerprint density at radius 2 is 0.824 bits per heavy atom. The van der Waals surface area contributed by atoms with Crippen LogP contribution in [-0.4, -0.2) is 75.9 Å². The van der Waals surface area contributed by atoms with Gasteiger partial charge in [0, 0.05) is 63.4 Å². The molecule has 9 heteroatoms. The van der Waals surface area contributed by atoms with Crippen LogP contribution < -0.4 is 11.5 Å². The molecule has 99 valence electrons. The van der Waals surface area contributed by atoms with Crippen LogP contribution >= 0.6 is 0 Å². The van der Waals surface area contributed by atoms with Crippen LogP contribution in [0.4, 0.5) is 0 Å². The molecule has 0 aromatic heterocycles. The fourth-order valence-electron chi connectivity index (χ4n) is 0. The third-order valence-corrected chi connectivity index (χ3v) is 0.167. The number of aliphatic carboxylic acids is 3. The maximum absolute atomic E-state index is 9.00. The average molecular weight is 263 g/mol. The third-order valence-electron chi connectivity index (χ3n) is 0.167. The first kappa shape index (κ1) is 29.9. The molecular weight excluding hydrogens is 243 g/mol. The van der Waals surface area contributed by atoms with Gasteiger partial charge < -0.3 is 26.8 Å². The molecule has 0 spiro atoms. The van der Waals surface area contributed by atoms with E-state index in [0.29, 0.717) is 13.1 Å². The summed E-state index contributed by atoms with van der Waals surface area (Å²) in [4.78, 5) is 27.0. The van der Waals surface area contributed by atoms with E-state index in [1.54, 1.807) is 0 Å². The van der Waals surface area contributed by atoms with Crippen LogP contribution in [0.1, 0.15) is 20.8 Å². The molecule has 8 nitrogen and oxygen atoms in total. The standard InChI is InChI=1S/C2H8N2.3C2H4O2.Na/c3-1-2-4;3*1-2(3)4;/h1-4H2;3*1H3,(H,3,4);. The van der Waals surface area contributed by atoms with Crippen LogP contribution in [0, 0.1) is 0 Å². The number of rotatable bonds is 1. The molecule has 0 bridgehead atoms. The van der Waals surface area contributed by atoms with Crippen molar-refractivity contribution in [1.29, 1.82) is 0 Å². The summed E-state index contributed by atoms with van der Waals surface area (Å²) in [6.07, 6.45) is 0. The topological polar surface area (TPSA) is 164 Å². The zero-order valence-corrected chi connectivity index (χ0v) is 12.6. The summed E-state index contributed by atoms with van der Waals surface area (Å²) in [6.45, 7) is 4.44. The zero-order valence-electron chi connectivity index (χ0n) is 10.6. The molecule has 0 unspecified atom stereocenters. The minimum absolute atomic E-state index is 0. The molecule has 0 saturated heterocycles. The first-order valence-corrected chi connectivity index (χ1v) is 4.10. The molecule has 7 N–H and O–H groups in total. The largest absolute Gasteiger partial charge is 0.481 e. The van der Waals surface area contributed by atoms with E-state index in [-0.39, 0.29) is 29.6 Å². The molecule has 0 rings (SSSR count). The molecule has 0 saturated carbocycles. The molecular formula is C8H20N2NaO6. The molecule has 0 heterocycles. The smallest absolute Gasteiger partial charge is 0.300 e. The van der Waals surface area contributed by atoms with Gasteiger partial charge in [-0.1, -0.05) is 0 Å². The van der Waals surface area contributed by atoms with Crippen LogP contribution in [0.15, 0.2) is 0 Å². The fraction of sp³-hybridized carbons (Fsp3) is 0.625. The molecule has 0 amide bonds. The first-order chi connectivity index (χ1) is 7.11. The van der Waals surface area contributed by atoms with E-state index in [1.807, 2.05) is 0 Å². The summed E-state index contributed by atoms with van der Waals surface area (Å²) >= 11 is 0. The van der Waals surface area contributed by atoms with Crippen LogP contribution in [-0.2, 0) is 14.4 Å². The van der Waals surface area contributed by atoms with Crippen molar-refractivity contribution in [2.45, 2.75) is 20.8 Å². The summed E-state index contributed by atoms with van der Waals surface area (Å²) in [5, 5.41) is 22.2. The number of carboxylic acid groups (broad SMARTS) is 3. The predicted octanol–water partition coefficient (Wildman–Crippen LogP) is -1.20. The monoisotopic (exact) mass is 263 g/mol. The summed E-state index contributed by atoms with van der Waals surface area (Å²) in [6, 6.07) is 0. The summed E-state index contributed by atoms with van der Waals surface area (Å²) in [5.41, 5.74) is 9.81. The quantitative estimate of drug-likeness (QED) is 0.368. The third kappa shape index (κ3) is 25000. The van der Waals surface area contributed by atoms with Gasteiger partial charge in [0.05, 0.1) is 0 Å². The van der Waals surface area contributed by atoms with Gasteiger partial charge in [-0.2, -0.15) is 0 Å². The van der Waals surface area contributed by atoms with Crippen LogP contribution in [0.2, 0.25) is 0 Å². The van der Waals surface area contributed by atoms with E-state index >= 15 is 0 Å². The van der Waals surface area contributed by atoms with Gasteiger partial charge in [-0.3, -0.25) is 14.4 Å². The molecule has 0 aliphatic carbocycles. The number of hydrogen-bond acceptors (Lipinski definition) is 5. The van der Waals surface area contributed by atoms with Crippen molar-refractivity contribution in [2.24, 2.45) is 11.5 Å². The average Bonchev–Trinajstić information content (AvgIpc) is 2.00. The van der Waals surface area contributed by atoms with Gasteiger partial charge in [-0.05, 0) is 0 Å². The van der Waals surface area contributed by atoms with Gasteiger partial charge in [0.25, 0.3) is 17.9 Å². The summed E-state index contributed by atoms with van der Waals surface area (Å²) in [5.74, 6) is -2.50. The van der Waals surface area contributed by atoms with E-state index in [4.69, 9.17) is 41.2 Å². The van der Waals surface area contributed by atoms with E-state index in [9.17, 15) is 0 Å². The molecule has 0 aromatic carbocycles. The van der Waals surface area contributed by atoms with Crippen LogP contribution in [0.5, 0.6) is 0 Å². The Bertz CT molecular complexity index is 146. The second kappa shape index (κ2) is 29.5. The van der Waals surface area contributed by atoms with Gasteiger partial charge >= 0.3 is 0 Å². The van der Waals surface area contributed by atoms with Crippen LogP contribution in [0.3, 0.4) is 0 Å². The van der Waals surface area contributed by atoms with Crippen LogP contribution in [0.25, 0.3) is 0 Å².